The van der Waals surface area contributed by atoms with Gasteiger partial charge in [-0.05, 0) is 55.0 Å². The molecule has 0 spiro atoms. The number of rotatable bonds is 7. The van der Waals surface area contributed by atoms with Crippen molar-refractivity contribution in [3.8, 4) is 11.1 Å². The molecule has 0 aliphatic carbocycles. The lowest BCUT2D eigenvalue weighted by molar-refractivity contribution is -0.130. The first-order valence-electron chi connectivity index (χ1n) is 9.04. The second kappa shape index (κ2) is 8.38. The van der Waals surface area contributed by atoms with Gasteiger partial charge in [0.15, 0.2) is 0 Å². The Balaban J connectivity index is 1.63. The number of halogens is 2. The number of aliphatic hydroxyl groups is 2. The molecule has 1 heterocycles. The summed E-state index contributed by atoms with van der Waals surface area (Å²) in [6, 6.07) is 12.1. The van der Waals surface area contributed by atoms with Gasteiger partial charge in [-0.1, -0.05) is 35.9 Å². The minimum Gasteiger partial charge on any atom is -0.396 e. The summed E-state index contributed by atoms with van der Waals surface area (Å²) in [5, 5.41) is 22.2. The average Bonchev–Trinajstić information content (AvgIpc) is 2.99. The van der Waals surface area contributed by atoms with E-state index in [-0.39, 0.29) is 37.4 Å². The minimum atomic E-state index is -0.868. The fraction of sp³-hybridized carbons (Fsp3) is 0.381. The van der Waals surface area contributed by atoms with Crippen molar-refractivity contribution in [3.63, 3.8) is 0 Å². The average molecular weight is 392 g/mol. The van der Waals surface area contributed by atoms with Crippen molar-refractivity contribution in [2.75, 3.05) is 13.2 Å². The van der Waals surface area contributed by atoms with E-state index in [1.54, 1.807) is 6.07 Å². The maximum absolute atomic E-state index is 14.0. The van der Waals surface area contributed by atoms with Gasteiger partial charge >= 0.3 is 0 Å². The van der Waals surface area contributed by atoms with Crippen LogP contribution < -0.4 is 5.32 Å². The van der Waals surface area contributed by atoms with Crippen molar-refractivity contribution < 1.29 is 19.4 Å². The predicted octanol–water partition coefficient (Wildman–Crippen LogP) is 3.33. The topological polar surface area (TPSA) is 69.6 Å². The molecule has 6 heteroatoms. The number of aryl methyl sites for hydroxylation is 1. The maximum atomic E-state index is 14.0. The summed E-state index contributed by atoms with van der Waals surface area (Å²) in [7, 11) is 0. The van der Waals surface area contributed by atoms with Crippen molar-refractivity contribution in [3.05, 3.63) is 58.9 Å². The zero-order valence-corrected chi connectivity index (χ0v) is 15.7. The van der Waals surface area contributed by atoms with Gasteiger partial charge in [0, 0.05) is 23.2 Å². The number of aliphatic hydroxyl groups excluding tert-OH is 2. The van der Waals surface area contributed by atoms with E-state index in [4.69, 9.17) is 16.7 Å². The van der Waals surface area contributed by atoms with Crippen molar-refractivity contribution in [1.29, 1.82) is 0 Å². The molecule has 2 aromatic rings. The summed E-state index contributed by atoms with van der Waals surface area (Å²) in [5.74, 6) is -0.499. The largest absolute Gasteiger partial charge is 0.396 e. The third kappa shape index (κ3) is 4.32. The van der Waals surface area contributed by atoms with E-state index in [0.717, 1.165) is 24.0 Å². The number of carbonyl (C=O) groups is 1. The van der Waals surface area contributed by atoms with Crippen LogP contribution in [0.5, 0.6) is 0 Å². The van der Waals surface area contributed by atoms with Crippen LogP contribution in [0.25, 0.3) is 11.1 Å². The molecule has 2 atom stereocenters. The number of carbonyl (C=O) groups excluding carboxylic acids is 1. The Hall–Kier alpha value is -1.95. The van der Waals surface area contributed by atoms with E-state index < -0.39 is 5.41 Å². The Labute approximate surface area is 163 Å². The Morgan fingerprint density at radius 1 is 1.19 bits per heavy atom. The van der Waals surface area contributed by atoms with Crippen molar-refractivity contribution in [2.45, 2.75) is 31.7 Å². The second-order valence-electron chi connectivity index (χ2n) is 7.15. The standard InChI is InChI=1S/C21H23ClFNO3/c22-16-6-8-19(23)18(11-16)15-4-1-14(2-5-15)3-7-17-12-21(13-26,9-10-25)20(27)24-17/h1-2,4-6,8,11,17,25-26H,3,7,9-10,12-13H2,(H,24,27)/t17-,21?/m1/s1. The van der Waals surface area contributed by atoms with Gasteiger partial charge in [0.05, 0.1) is 12.0 Å². The molecule has 144 valence electrons. The van der Waals surface area contributed by atoms with Crippen molar-refractivity contribution in [2.24, 2.45) is 5.41 Å². The van der Waals surface area contributed by atoms with Crippen LogP contribution in [0.1, 0.15) is 24.8 Å². The summed E-state index contributed by atoms with van der Waals surface area (Å²) in [4.78, 5) is 12.2. The molecule has 1 saturated heterocycles. The lowest BCUT2D eigenvalue weighted by atomic mass is 9.82. The van der Waals surface area contributed by atoms with Crippen LogP contribution in [0.3, 0.4) is 0 Å². The zero-order chi connectivity index (χ0) is 19.4. The van der Waals surface area contributed by atoms with E-state index in [1.807, 2.05) is 24.3 Å². The summed E-state index contributed by atoms with van der Waals surface area (Å²) in [6.07, 6.45) is 2.29. The molecule has 3 rings (SSSR count). The molecule has 0 saturated carbocycles. The molecule has 2 aromatic carbocycles. The van der Waals surface area contributed by atoms with Gasteiger partial charge in [-0.15, -0.1) is 0 Å². The highest BCUT2D eigenvalue weighted by Crippen LogP contribution is 2.34. The quantitative estimate of drug-likeness (QED) is 0.678. The molecule has 1 amide bonds. The molecule has 3 N–H and O–H groups in total. The van der Waals surface area contributed by atoms with Crippen LogP contribution in [-0.4, -0.2) is 35.4 Å². The smallest absolute Gasteiger partial charge is 0.228 e. The highest BCUT2D eigenvalue weighted by molar-refractivity contribution is 6.30. The maximum Gasteiger partial charge on any atom is 0.228 e. The molecular weight excluding hydrogens is 369 g/mol. The summed E-state index contributed by atoms with van der Waals surface area (Å²) in [5.41, 5.74) is 1.44. The van der Waals surface area contributed by atoms with E-state index in [2.05, 4.69) is 5.32 Å². The Morgan fingerprint density at radius 2 is 1.93 bits per heavy atom. The first-order valence-corrected chi connectivity index (χ1v) is 9.42. The summed E-state index contributed by atoms with van der Waals surface area (Å²) < 4.78 is 14.0. The number of nitrogens with one attached hydrogen (secondary N) is 1. The molecule has 0 bridgehead atoms. The Kier molecular flexibility index (Phi) is 6.15. The summed E-state index contributed by atoms with van der Waals surface area (Å²) >= 11 is 5.96. The van der Waals surface area contributed by atoms with Gasteiger partial charge in [0.1, 0.15) is 5.82 Å². The van der Waals surface area contributed by atoms with Crippen LogP contribution in [0.2, 0.25) is 5.02 Å². The molecule has 1 fully saturated rings. The molecule has 27 heavy (non-hydrogen) atoms. The first-order chi connectivity index (χ1) is 13.0. The third-order valence-electron chi connectivity index (χ3n) is 5.32. The van der Waals surface area contributed by atoms with Gasteiger partial charge in [-0.3, -0.25) is 4.79 Å². The molecule has 0 aromatic heterocycles. The Morgan fingerprint density at radius 3 is 2.59 bits per heavy atom. The molecule has 1 unspecified atom stereocenters. The first kappa shape index (κ1) is 19.8. The summed E-state index contributed by atoms with van der Waals surface area (Å²) in [6.45, 7) is -0.377. The van der Waals surface area contributed by atoms with Gasteiger partial charge in [-0.25, -0.2) is 4.39 Å². The Bertz CT molecular complexity index is 812. The normalized spacial score (nSPS) is 22.1. The fourth-order valence-electron chi connectivity index (χ4n) is 3.68. The monoisotopic (exact) mass is 391 g/mol. The van der Waals surface area contributed by atoms with Crippen molar-refractivity contribution >= 4 is 17.5 Å². The number of amides is 1. The van der Waals surface area contributed by atoms with Crippen LogP contribution in [-0.2, 0) is 11.2 Å². The lowest BCUT2D eigenvalue weighted by Gasteiger charge is -2.22. The van der Waals surface area contributed by atoms with Crippen LogP contribution in [0.15, 0.2) is 42.5 Å². The molecule has 1 aliphatic heterocycles. The molecule has 4 nitrogen and oxygen atoms in total. The second-order valence-corrected chi connectivity index (χ2v) is 7.58. The van der Waals surface area contributed by atoms with E-state index in [9.17, 15) is 14.3 Å². The molecular formula is C21H23ClFNO3. The minimum absolute atomic E-state index is 0.0266. The van der Waals surface area contributed by atoms with E-state index in [1.165, 1.54) is 12.1 Å². The number of benzene rings is 2. The predicted molar refractivity (Wildman–Crippen MR) is 103 cm³/mol. The van der Waals surface area contributed by atoms with Crippen LogP contribution in [0, 0.1) is 11.2 Å². The van der Waals surface area contributed by atoms with Gasteiger partial charge in [0.2, 0.25) is 5.91 Å². The number of hydrogen-bond donors (Lipinski definition) is 3. The third-order valence-corrected chi connectivity index (χ3v) is 5.56. The van der Waals surface area contributed by atoms with Crippen molar-refractivity contribution in [1.82, 2.24) is 5.32 Å². The van der Waals surface area contributed by atoms with Crippen LogP contribution >= 0.6 is 11.6 Å². The highest BCUT2D eigenvalue weighted by atomic mass is 35.5. The van der Waals surface area contributed by atoms with Gasteiger partial charge < -0.3 is 15.5 Å². The van der Waals surface area contributed by atoms with Gasteiger partial charge in [-0.2, -0.15) is 0 Å². The molecule has 1 aliphatic rings. The van der Waals surface area contributed by atoms with Gasteiger partial charge in [0.25, 0.3) is 0 Å². The van der Waals surface area contributed by atoms with E-state index in [0.29, 0.717) is 17.0 Å². The van der Waals surface area contributed by atoms with Crippen LogP contribution in [0.4, 0.5) is 4.39 Å². The number of hydrogen-bond acceptors (Lipinski definition) is 3. The van der Waals surface area contributed by atoms with E-state index >= 15 is 0 Å². The fourth-order valence-corrected chi connectivity index (χ4v) is 3.86. The zero-order valence-electron chi connectivity index (χ0n) is 14.9. The SMILES string of the molecule is O=C1N[C@H](CCc2ccc(-c3cc(Cl)ccc3F)cc2)CC1(CO)CCO. The highest BCUT2D eigenvalue weighted by Gasteiger charge is 2.45. The lowest BCUT2D eigenvalue weighted by Crippen LogP contribution is -2.35. The molecule has 0 radical (unpaired) electrons.